The number of urea groups is 1. The number of hydrogen-bond acceptors (Lipinski definition) is 4. The van der Waals surface area contributed by atoms with Crippen molar-refractivity contribution in [3.05, 3.63) is 35.8 Å². The fourth-order valence-corrected chi connectivity index (χ4v) is 2.82. The molecule has 3 rings (SSSR count). The monoisotopic (exact) mass is 312 g/mol. The zero-order valence-electron chi connectivity index (χ0n) is 13.5. The first-order valence-corrected chi connectivity index (χ1v) is 7.85. The molecular weight excluding hydrogens is 292 g/mol. The molecule has 120 valence electrons. The number of fused-ring (bicyclic) bond motifs is 1. The van der Waals surface area contributed by atoms with E-state index in [1.165, 1.54) is 4.90 Å². The Bertz CT molecular complexity index is 774. The van der Waals surface area contributed by atoms with Gasteiger partial charge in [-0.25, -0.2) is 14.8 Å². The van der Waals surface area contributed by atoms with Crippen LogP contribution in [0.2, 0.25) is 0 Å². The second kappa shape index (κ2) is 5.95. The van der Waals surface area contributed by atoms with Gasteiger partial charge in [0.2, 0.25) is 0 Å². The van der Waals surface area contributed by atoms with E-state index in [0.717, 1.165) is 23.0 Å². The second-order valence-corrected chi connectivity index (χ2v) is 5.98. The average molecular weight is 312 g/mol. The van der Waals surface area contributed by atoms with Crippen molar-refractivity contribution in [2.75, 3.05) is 0 Å². The largest absolute Gasteiger partial charge is 0.326 e. The van der Waals surface area contributed by atoms with E-state index in [1.54, 1.807) is 0 Å². The number of carbonyl (C=O) groups is 2. The summed E-state index contributed by atoms with van der Waals surface area (Å²) in [7, 11) is 0. The normalized spacial score (nSPS) is 19.3. The van der Waals surface area contributed by atoms with Crippen molar-refractivity contribution in [3.63, 3.8) is 0 Å². The number of nitrogens with one attached hydrogen (secondary N) is 1. The Labute approximate surface area is 134 Å². The highest BCUT2D eigenvalue weighted by Gasteiger charge is 2.40. The van der Waals surface area contributed by atoms with E-state index in [9.17, 15) is 9.59 Å². The van der Waals surface area contributed by atoms with E-state index >= 15 is 0 Å². The molecule has 1 fully saturated rings. The van der Waals surface area contributed by atoms with Gasteiger partial charge < -0.3 is 5.32 Å². The molecule has 2 atom stereocenters. The topological polar surface area (TPSA) is 75.2 Å². The van der Waals surface area contributed by atoms with Crippen molar-refractivity contribution in [1.82, 2.24) is 20.2 Å². The van der Waals surface area contributed by atoms with Gasteiger partial charge in [-0.3, -0.25) is 9.69 Å². The van der Waals surface area contributed by atoms with E-state index in [0.29, 0.717) is 5.82 Å². The maximum absolute atomic E-state index is 12.5. The van der Waals surface area contributed by atoms with E-state index in [1.807, 2.05) is 45.0 Å². The minimum absolute atomic E-state index is 0.100. The number of benzene rings is 1. The van der Waals surface area contributed by atoms with Crippen LogP contribution < -0.4 is 5.32 Å². The van der Waals surface area contributed by atoms with Crippen molar-refractivity contribution >= 4 is 22.8 Å². The summed E-state index contributed by atoms with van der Waals surface area (Å²) in [5.41, 5.74) is 1.66. The molecule has 0 aliphatic carbocycles. The van der Waals surface area contributed by atoms with E-state index < -0.39 is 6.04 Å². The summed E-state index contributed by atoms with van der Waals surface area (Å²) >= 11 is 0. The number of aryl methyl sites for hydroxylation is 1. The molecule has 2 aromatic rings. The zero-order chi connectivity index (χ0) is 16.6. The van der Waals surface area contributed by atoms with Gasteiger partial charge in [0.15, 0.2) is 0 Å². The molecule has 0 unspecified atom stereocenters. The summed E-state index contributed by atoms with van der Waals surface area (Å²) in [6.45, 7) is 5.97. The summed E-state index contributed by atoms with van der Waals surface area (Å²) in [6.07, 6.45) is 0.829. The van der Waals surface area contributed by atoms with E-state index in [-0.39, 0.29) is 24.4 Å². The molecule has 1 saturated heterocycles. The number of para-hydroxylation sites is 1. The lowest BCUT2D eigenvalue weighted by Crippen LogP contribution is -2.35. The molecule has 3 amide bonds. The summed E-state index contributed by atoms with van der Waals surface area (Å²) in [5.74, 6) is 0.393. The second-order valence-electron chi connectivity index (χ2n) is 5.98. The number of hydrogen-bond donors (Lipinski definition) is 1. The third kappa shape index (κ3) is 2.76. The predicted octanol–water partition coefficient (Wildman–Crippen LogP) is 2.40. The minimum atomic E-state index is -0.450. The average Bonchev–Trinajstić information content (AvgIpc) is 2.82. The molecule has 1 aromatic heterocycles. The summed E-state index contributed by atoms with van der Waals surface area (Å²) in [5, 5.41) is 3.74. The van der Waals surface area contributed by atoms with Crippen LogP contribution in [0.1, 0.15) is 31.8 Å². The SMILES string of the molecule is CC[C@H](C)[C@@H]1NC(=O)N(Cc2nc(C)c3ccccc3n2)C1=O. The molecule has 23 heavy (non-hydrogen) atoms. The van der Waals surface area contributed by atoms with Crippen molar-refractivity contribution in [2.45, 2.75) is 39.8 Å². The molecule has 1 aliphatic heterocycles. The molecule has 6 heteroatoms. The standard InChI is InChI=1S/C17H20N4O2/c1-4-10(2)15-16(22)21(17(23)20-15)9-14-18-11(3)12-7-5-6-8-13(12)19-14/h5-8,10,15H,4,9H2,1-3H3,(H,20,23)/t10-,15-/m0/s1. The number of rotatable bonds is 4. The Kier molecular flexibility index (Phi) is 3.98. The highest BCUT2D eigenvalue weighted by atomic mass is 16.2. The summed E-state index contributed by atoms with van der Waals surface area (Å²) < 4.78 is 0. The summed E-state index contributed by atoms with van der Waals surface area (Å²) in [6, 6.07) is 6.89. The highest BCUT2D eigenvalue weighted by molar-refractivity contribution is 6.04. The smallest absolute Gasteiger partial charge is 0.325 e. The highest BCUT2D eigenvalue weighted by Crippen LogP contribution is 2.20. The fraction of sp³-hybridized carbons (Fsp3) is 0.412. The van der Waals surface area contributed by atoms with Crippen LogP contribution in [0.3, 0.4) is 0 Å². The predicted molar refractivity (Wildman–Crippen MR) is 86.6 cm³/mol. The van der Waals surface area contributed by atoms with E-state index in [4.69, 9.17) is 0 Å². The number of imide groups is 1. The van der Waals surface area contributed by atoms with Crippen molar-refractivity contribution in [1.29, 1.82) is 0 Å². The maximum atomic E-state index is 12.5. The lowest BCUT2D eigenvalue weighted by molar-refractivity contribution is -0.128. The van der Waals surface area contributed by atoms with Crippen LogP contribution in [0.25, 0.3) is 10.9 Å². The van der Waals surface area contributed by atoms with Gasteiger partial charge in [0.1, 0.15) is 11.9 Å². The first-order chi connectivity index (χ1) is 11.0. The van der Waals surface area contributed by atoms with Gasteiger partial charge in [0, 0.05) is 11.1 Å². The van der Waals surface area contributed by atoms with Crippen LogP contribution in [0, 0.1) is 12.8 Å². The van der Waals surface area contributed by atoms with Gasteiger partial charge in [0.25, 0.3) is 5.91 Å². The van der Waals surface area contributed by atoms with Crippen LogP contribution in [0.15, 0.2) is 24.3 Å². The van der Waals surface area contributed by atoms with Crippen molar-refractivity contribution in [2.24, 2.45) is 5.92 Å². The summed E-state index contributed by atoms with van der Waals surface area (Å²) in [4.78, 5) is 34.7. The molecule has 2 heterocycles. The van der Waals surface area contributed by atoms with Gasteiger partial charge in [0.05, 0.1) is 12.1 Å². The molecular formula is C17H20N4O2. The quantitative estimate of drug-likeness (QED) is 0.880. The molecule has 1 aromatic carbocycles. The van der Waals surface area contributed by atoms with Gasteiger partial charge >= 0.3 is 6.03 Å². The van der Waals surface area contributed by atoms with Crippen LogP contribution in [0.4, 0.5) is 4.79 Å². The first-order valence-electron chi connectivity index (χ1n) is 7.85. The molecule has 1 N–H and O–H groups in total. The van der Waals surface area contributed by atoms with E-state index in [2.05, 4.69) is 15.3 Å². The Balaban J connectivity index is 1.87. The molecule has 6 nitrogen and oxygen atoms in total. The van der Waals surface area contributed by atoms with Crippen LogP contribution in [-0.4, -0.2) is 32.8 Å². The first kappa shape index (κ1) is 15.4. The molecule has 0 bridgehead atoms. The van der Waals surface area contributed by atoms with Crippen molar-refractivity contribution in [3.8, 4) is 0 Å². The van der Waals surface area contributed by atoms with Crippen LogP contribution >= 0.6 is 0 Å². The Hall–Kier alpha value is -2.50. The zero-order valence-corrected chi connectivity index (χ0v) is 13.5. The van der Waals surface area contributed by atoms with Gasteiger partial charge in [-0.1, -0.05) is 38.5 Å². The molecule has 0 saturated carbocycles. The van der Waals surface area contributed by atoms with Gasteiger partial charge in [-0.2, -0.15) is 0 Å². The number of aromatic nitrogens is 2. The minimum Gasteiger partial charge on any atom is -0.326 e. The fourth-order valence-electron chi connectivity index (χ4n) is 2.82. The molecule has 0 radical (unpaired) electrons. The molecule has 1 aliphatic rings. The van der Waals surface area contributed by atoms with Crippen LogP contribution in [0.5, 0.6) is 0 Å². The van der Waals surface area contributed by atoms with Gasteiger partial charge in [-0.05, 0) is 18.9 Å². The Morgan fingerprint density at radius 3 is 2.74 bits per heavy atom. The number of amides is 3. The number of nitrogens with zero attached hydrogens (tertiary/aromatic N) is 3. The van der Waals surface area contributed by atoms with Crippen LogP contribution in [-0.2, 0) is 11.3 Å². The lowest BCUT2D eigenvalue weighted by atomic mass is 9.99. The van der Waals surface area contributed by atoms with Crippen molar-refractivity contribution < 1.29 is 9.59 Å². The third-order valence-corrected chi connectivity index (χ3v) is 4.41. The Morgan fingerprint density at radius 1 is 1.26 bits per heavy atom. The number of carbonyl (C=O) groups excluding carboxylic acids is 2. The maximum Gasteiger partial charge on any atom is 0.325 e. The lowest BCUT2D eigenvalue weighted by Gasteiger charge is -2.16. The molecule has 0 spiro atoms. The van der Waals surface area contributed by atoms with Gasteiger partial charge in [-0.15, -0.1) is 0 Å². The Morgan fingerprint density at radius 2 is 2.00 bits per heavy atom. The third-order valence-electron chi connectivity index (χ3n) is 4.41.